The number of rotatable bonds is 3. The van der Waals surface area contributed by atoms with Crippen molar-refractivity contribution in [3.63, 3.8) is 0 Å². The molecule has 1 aliphatic carbocycles. The van der Waals surface area contributed by atoms with Crippen molar-refractivity contribution in [3.05, 3.63) is 0 Å². The van der Waals surface area contributed by atoms with Crippen LogP contribution in [0.15, 0.2) is 0 Å². The van der Waals surface area contributed by atoms with E-state index in [2.05, 4.69) is 34.6 Å². The maximum absolute atomic E-state index is 9.73. The van der Waals surface area contributed by atoms with Crippen LogP contribution >= 0.6 is 0 Å². The molecule has 0 amide bonds. The van der Waals surface area contributed by atoms with Crippen LogP contribution in [-0.2, 0) is 4.79 Å². The second kappa shape index (κ2) is 14.2. The Morgan fingerprint density at radius 1 is 0.909 bits per heavy atom. The van der Waals surface area contributed by atoms with Crippen molar-refractivity contribution in [2.75, 3.05) is 0 Å². The summed E-state index contributed by atoms with van der Waals surface area (Å²) in [4.78, 5) is 8.00. The Balaban J connectivity index is -0.000000285. The average Bonchev–Trinajstić information content (AvgIpc) is 2.51. The first-order chi connectivity index (χ1) is 10.1. The van der Waals surface area contributed by atoms with Crippen LogP contribution in [0.1, 0.15) is 101 Å². The van der Waals surface area contributed by atoms with Gasteiger partial charge in [-0.05, 0) is 43.9 Å². The van der Waals surface area contributed by atoms with Crippen LogP contribution in [-0.4, -0.2) is 17.5 Å². The molecule has 0 heterocycles. The van der Waals surface area contributed by atoms with Gasteiger partial charge in [0.1, 0.15) is 6.79 Å². The van der Waals surface area contributed by atoms with Crippen LogP contribution in [0.2, 0.25) is 0 Å². The van der Waals surface area contributed by atoms with Crippen molar-refractivity contribution in [3.8, 4) is 0 Å². The zero-order valence-corrected chi connectivity index (χ0v) is 17.0. The number of hydrogen-bond acceptors (Lipinski definition) is 2. The molecule has 0 unspecified atom stereocenters. The Morgan fingerprint density at radius 2 is 1.23 bits per heavy atom. The Hall–Kier alpha value is -0.370. The van der Waals surface area contributed by atoms with Gasteiger partial charge in [-0.15, -0.1) is 0 Å². The SMILES string of the molecule is C=O.CC.CC1CCC(C(C)(C)O)CC1.CCC(C)(C)CC. The molecule has 1 rings (SSSR count). The van der Waals surface area contributed by atoms with Gasteiger partial charge in [-0.3, -0.25) is 0 Å². The van der Waals surface area contributed by atoms with Crippen LogP contribution in [0.3, 0.4) is 0 Å². The van der Waals surface area contributed by atoms with Gasteiger partial charge in [0.05, 0.1) is 5.60 Å². The highest BCUT2D eigenvalue weighted by Gasteiger charge is 2.29. The number of aliphatic hydroxyl groups is 1. The molecule has 2 heteroatoms. The molecule has 0 radical (unpaired) electrons. The molecule has 136 valence electrons. The molecule has 0 aromatic carbocycles. The summed E-state index contributed by atoms with van der Waals surface area (Å²) in [6, 6.07) is 0. The fraction of sp³-hybridized carbons (Fsp3) is 0.950. The predicted molar refractivity (Wildman–Crippen MR) is 100 cm³/mol. The van der Waals surface area contributed by atoms with Crippen LogP contribution < -0.4 is 0 Å². The summed E-state index contributed by atoms with van der Waals surface area (Å²) in [5.74, 6) is 1.42. The fourth-order valence-electron chi connectivity index (χ4n) is 2.22. The summed E-state index contributed by atoms with van der Waals surface area (Å²) < 4.78 is 0. The van der Waals surface area contributed by atoms with Gasteiger partial charge in [0, 0.05) is 0 Å². The monoisotopic (exact) mass is 316 g/mol. The van der Waals surface area contributed by atoms with Crippen molar-refractivity contribution in [1.82, 2.24) is 0 Å². The Morgan fingerprint density at radius 3 is 1.41 bits per heavy atom. The van der Waals surface area contributed by atoms with E-state index >= 15 is 0 Å². The van der Waals surface area contributed by atoms with Crippen LogP contribution in [0.25, 0.3) is 0 Å². The number of carbonyl (C=O) groups excluding carboxylic acids is 1. The molecule has 0 saturated heterocycles. The third-order valence-electron chi connectivity index (χ3n) is 4.93. The van der Waals surface area contributed by atoms with Gasteiger partial charge >= 0.3 is 0 Å². The van der Waals surface area contributed by atoms with Crippen molar-refractivity contribution < 1.29 is 9.90 Å². The minimum absolute atomic E-state index is 0.444. The topological polar surface area (TPSA) is 37.3 Å². The molecule has 0 spiro atoms. The molecule has 0 aliphatic heterocycles. The lowest BCUT2D eigenvalue weighted by atomic mass is 9.75. The molecular formula is C20H44O2. The highest BCUT2D eigenvalue weighted by atomic mass is 16.3. The highest BCUT2D eigenvalue weighted by Crippen LogP contribution is 2.34. The third-order valence-corrected chi connectivity index (χ3v) is 4.93. The van der Waals surface area contributed by atoms with Gasteiger partial charge in [-0.25, -0.2) is 0 Å². The molecule has 0 aromatic heterocycles. The van der Waals surface area contributed by atoms with E-state index < -0.39 is 5.60 Å². The first kappa shape index (κ1) is 26.5. The van der Waals surface area contributed by atoms with E-state index in [1.807, 2.05) is 34.5 Å². The second-order valence-corrected chi connectivity index (χ2v) is 7.48. The maximum Gasteiger partial charge on any atom is 0.106 e. The normalized spacial score (nSPS) is 21.2. The van der Waals surface area contributed by atoms with Crippen molar-refractivity contribution in [2.45, 2.75) is 106 Å². The largest absolute Gasteiger partial charge is 0.390 e. The van der Waals surface area contributed by atoms with E-state index in [4.69, 9.17) is 4.79 Å². The average molecular weight is 317 g/mol. The molecule has 1 aliphatic rings. The lowest BCUT2D eigenvalue weighted by Gasteiger charge is -2.34. The highest BCUT2D eigenvalue weighted by molar-refractivity contribution is 5.11. The van der Waals surface area contributed by atoms with Gasteiger partial charge in [0.25, 0.3) is 0 Å². The smallest absolute Gasteiger partial charge is 0.106 e. The van der Waals surface area contributed by atoms with Crippen LogP contribution in [0, 0.1) is 17.3 Å². The van der Waals surface area contributed by atoms with Crippen molar-refractivity contribution in [1.29, 1.82) is 0 Å². The summed E-state index contributed by atoms with van der Waals surface area (Å²) in [7, 11) is 0. The molecule has 22 heavy (non-hydrogen) atoms. The number of carbonyl (C=O) groups is 1. The first-order valence-corrected chi connectivity index (χ1v) is 9.13. The minimum atomic E-state index is -0.444. The summed E-state index contributed by atoms with van der Waals surface area (Å²) in [5, 5.41) is 9.73. The van der Waals surface area contributed by atoms with Crippen molar-refractivity contribution in [2.24, 2.45) is 17.3 Å². The van der Waals surface area contributed by atoms with Gasteiger partial charge in [0.15, 0.2) is 0 Å². The Kier molecular flexibility index (Phi) is 17.2. The van der Waals surface area contributed by atoms with Gasteiger partial charge in [-0.2, -0.15) is 0 Å². The Labute approximate surface area is 141 Å². The van der Waals surface area contributed by atoms with E-state index in [-0.39, 0.29) is 0 Å². The lowest BCUT2D eigenvalue weighted by molar-refractivity contribution is -0.0980. The van der Waals surface area contributed by atoms with Crippen LogP contribution in [0.5, 0.6) is 0 Å². The van der Waals surface area contributed by atoms with E-state index in [0.29, 0.717) is 11.3 Å². The maximum atomic E-state index is 9.73. The predicted octanol–water partition coefficient (Wildman–Crippen LogP) is 6.26. The molecule has 2 nitrogen and oxygen atoms in total. The lowest BCUT2D eigenvalue weighted by Crippen LogP contribution is -2.33. The number of hydrogen-bond donors (Lipinski definition) is 1. The molecule has 0 aromatic rings. The second-order valence-electron chi connectivity index (χ2n) is 7.48. The standard InChI is InChI=1S/C10H20O.C7H16.C2H6.CH2O/c1-8-4-6-9(7-5-8)10(2,3)11;1-5-7(3,4)6-2;2*1-2/h8-9,11H,4-7H2,1-3H3;5-6H2,1-4H3;1-2H3;1H2. The zero-order valence-electron chi connectivity index (χ0n) is 17.0. The van der Waals surface area contributed by atoms with E-state index in [9.17, 15) is 5.11 Å². The van der Waals surface area contributed by atoms with E-state index in [0.717, 1.165) is 5.92 Å². The zero-order chi connectivity index (χ0) is 18.4. The first-order valence-electron chi connectivity index (χ1n) is 9.13. The van der Waals surface area contributed by atoms with Gasteiger partial charge < -0.3 is 9.90 Å². The van der Waals surface area contributed by atoms with E-state index in [1.54, 1.807) is 0 Å². The molecular weight excluding hydrogens is 272 g/mol. The summed E-state index contributed by atoms with van der Waals surface area (Å²) in [6.45, 7) is 21.3. The van der Waals surface area contributed by atoms with Crippen LogP contribution in [0.4, 0.5) is 0 Å². The summed E-state index contributed by atoms with van der Waals surface area (Å²) >= 11 is 0. The molecule has 1 saturated carbocycles. The minimum Gasteiger partial charge on any atom is -0.390 e. The molecule has 1 fully saturated rings. The summed E-state index contributed by atoms with van der Waals surface area (Å²) in [5.41, 5.74) is 0.139. The molecule has 0 atom stereocenters. The molecule has 0 bridgehead atoms. The van der Waals surface area contributed by atoms with Gasteiger partial charge in [0.2, 0.25) is 0 Å². The quantitative estimate of drug-likeness (QED) is 0.667. The van der Waals surface area contributed by atoms with E-state index in [1.165, 1.54) is 38.5 Å². The van der Waals surface area contributed by atoms with Crippen molar-refractivity contribution >= 4 is 6.79 Å². The van der Waals surface area contributed by atoms with Gasteiger partial charge in [-0.1, -0.05) is 74.1 Å². The summed E-state index contributed by atoms with van der Waals surface area (Å²) in [6.07, 6.45) is 7.62. The third kappa shape index (κ3) is 14.6. The molecule has 1 N–H and O–H groups in total. The Bertz CT molecular complexity index is 214. The fourth-order valence-corrected chi connectivity index (χ4v) is 2.22.